The molecule has 4 aromatic rings. The fraction of sp³-hybridized carbons (Fsp3) is 0.250. The standard InChI is InChI=1S/C24H24N4O3/c1-2-27-13-12-17-16-10-6-7-11-18(16)25-20(17)21(27)19-22(29)26-24(31)28(23(19)30)14-15-8-4-3-5-9-15/h3-11,21,25,30H,2,12-14H2,1H3,(H,26,29,31)/t21-/m1/s1. The number of hydrogen-bond donors (Lipinski definition) is 3. The molecule has 2 aromatic heterocycles. The van der Waals surface area contributed by atoms with Crippen molar-refractivity contribution >= 4 is 10.9 Å². The fourth-order valence-corrected chi connectivity index (χ4v) is 4.69. The third kappa shape index (κ3) is 3.18. The zero-order valence-electron chi connectivity index (χ0n) is 17.3. The van der Waals surface area contributed by atoms with Crippen LogP contribution in [0.2, 0.25) is 0 Å². The quantitative estimate of drug-likeness (QED) is 0.477. The Hall–Kier alpha value is -3.58. The Balaban J connectivity index is 1.71. The molecule has 31 heavy (non-hydrogen) atoms. The van der Waals surface area contributed by atoms with Gasteiger partial charge < -0.3 is 10.1 Å². The van der Waals surface area contributed by atoms with Crippen molar-refractivity contribution in [1.29, 1.82) is 0 Å². The molecule has 1 aliphatic rings. The second-order valence-electron chi connectivity index (χ2n) is 7.91. The highest BCUT2D eigenvalue weighted by Crippen LogP contribution is 2.39. The van der Waals surface area contributed by atoms with Crippen LogP contribution in [0.3, 0.4) is 0 Å². The molecule has 0 bridgehead atoms. The van der Waals surface area contributed by atoms with E-state index in [1.54, 1.807) is 0 Å². The number of fused-ring (bicyclic) bond motifs is 3. The summed E-state index contributed by atoms with van der Waals surface area (Å²) in [5, 5.41) is 12.3. The minimum Gasteiger partial charge on any atom is -0.494 e. The summed E-state index contributed by atoms with van der Waals surface area (Å²) in [5.41, 5.74) is 2.95. The van der Waals surface area contributed by atoms with Crippen LogP contribution in [0, 0.1) is 0 Å². The van der Waals surface area contributed by atoms with Crippen LogP contribution in [-0.4, -0.2) is 37.6 Å². The lowest BCUT2D eigenvalue weighted by atomic mass is 9.93. The first-order valence-electron chi connectivity index (χ1n) is 10.5. The van der Waals surface area contributed by atoms with Gasteiger partial charge >= 0.3 is 5.69 Å². The van der Waals surface area contributed by atoms with E-state index in [4.69, 9.17) is 0 Å². The second-order valence-corrected chi connectivity index (χ2v) is 7.91. The number of nitrogens with zero attached hydrogens (tertiary/aromatic N) is 2. The molecule has 5 rings (SSSR count). The van der Waals surface area contributed by atoms with Crippen molar-refractivity contribution in [2.24, 2.45) is 0 Å². The molecular formula is C24H24N4O3. The van der Waals surface area contributed by atoms with Gasteiger partial charge in [0.15, 0.2) is 0 Å². The molecule has 1 aliphatic heterocycles. The van der Waals surface area contributed by atoms with Gasteiger partial charge in [0.1, 0.15) is 5.56 Å². The van der Waals surface area contributed by atoms with Gasteiger partial charge in [-0.3, -0.25) is 19.2 Å². The minimum absolute atomic E-state index is 0.174. The average Bonchev–Trinajstić information content (AvgIpc) is 3.16. The number of rotatable bonds is 4. The van der Waals surface area contributed by atoms with E-state index in [9.17, 15) is 14.7 Å². The lowest BCUT2D eigenvalue weighted by molar-refractivity contribution is 0.214. The van der Waals surface area contributed by atoms with Gasteiger partial charge in [-0.25, -0.2) is 4.79 Å². The van der Waals surface area contributed by atoms with Gasteiger partial charge in [0.2, 0.25) is 5.88 Å². The molecule has 0 saturated heterocycles. The summed E-state index contributed by atoms with van der Waals surface area (Å²) in [5.74, 6) is -0.285. The summed E-state index contributed by atoms with van der Waals surface area (Å²) >= 11 is 0. The van der Waals surface area contributed by atoms with Gasteiger partial charge in [0.25, 0.3) is 5.56 Å². The Labute approximate surface area is 178 Å². The topological polar surface area (TPSA) is 94.1 Å². The largest absolute Gasteiger partial charge is 0.494 e. The van der Waals surface area contributed by atoms with E-state index in [1.165, 1.54) is 4.57 Å². The first-order valence-corrected chi connectivity index (χ1v) is 10.5. The van der Waals surface area contributed by atoms with Crippen molar-refractivity contribution in [3.63, 3.8) is 0 Å². The maximum atomic E-state index is 13.0. The smallest absolute Gasteiger partial charge is 0.331 e. The van der Waals surface area contributed by atoms with Crippen molar-refractivity contribution in [1.82, 2.24) is 19.4 Å². The molecule has 0 radical (unpaired) electrons. The van der Waals surface area contributed by atoms with Crippen molar-refractivity contribution < 1.29 is 5.11 Å². The molecule has 2 aromatic carbocycles. The molecule has 0 fully saturated rings. The van der Waals surface area contributed by atoms with Crippen LogP contribution in [0.4, 0.5) is 0 Å². The zero-order valence-corrected chi connectivity index (χ0v) is 17.3. The molecule has 0 aliphatic carbocycles. The van der Waals surface area contributed by atoms with E-state index in [2.05, 4.69) is 20.9 Å². The lowest BCUT2D eigenvalue weighted by Crippen LogP contribution is -2.41. The molecule has 7 nitrogen and oxygen atoms in total. The Morgan fingerprint density at radius 1 is 1.03 bits per heavy atom. The summed E-state index contributed by atoms with van der Waals surface area (Å²) in [6.45, 7) is 3.67. The first-order chi connectivity index (χ1) is 15.1. The first kappa shape index (κ1) is 19.4. The van der Waals surface area contributed by atoms with Crippen molar-refractivity contribution in [3.05, 3.63) is 97.8 Å². The molecule has 0 saturated carbocycles. The van der Waals surface area contributed by atoms with E-state index >= 15 is 0 Å². The third-order valence-corrected chi connectivity index (χ3v) is 6.20. The van der Waals surface area contributed by atoms with Crippen LogP contribution in [0.5, 0.6) is 5.88 Å². The summed E-state index contributed by atoms with van der Waals surface area (Å²) in [6, 6.07) is 17.0. The van der Waals surface area contributed by atoms with E-state index in [0.717, 1.165) is 40.7 Å². The predicted octanol–water partition coefficient (Wildman–Crippen LogP) is 2.74. The molecular weight excluding hydrogens is 392 g/mol. The highest BCUT2D eigenvalue weighted by molar-refractivity contribution is 5.85. The molecule has 7 heteroatoms. The minimum atomic E-state index is -0.620. The Bertz CT molecular complexity index is 1370. The van der Waals surface area contributed by atoms with Crippen molar-refractivity contribution in [2.75, 3.05) is 13.1 Å². The Kier molecular flexibility index (Phi) is 4.75. The van der Waals surface area contributed by atoms with Crippen LogP contribution < -0.4 is 11.2 Å². The van der Waals surface area contributed by atoms with Crippen molar-refractivity contribution in [3.8, 4) is 5.88 Å². The van der Waals surface area contributed by atoms with Crippen LogP contribution in [0.25, 0.3) is 10.9 Å². The number of H-pyrrole nitrogens is 2. The van der Waals surface area contributed by atoms with Crippen molar-refractivity contribution in [2.45, 2.75) is 25.9 Å². The monoisotopic (exact) mass is 416 g/mol. The van der Waals surface area contributed by atoms with Gasteiger partial charge in [-0.1, -0.05) is 55.5 Å². The number of benzene rings is 2. The Morgan fingerprint density at radius 2 is 1.77 bits per heavy atom. The normalized spacial score (nSPS) is 16.5. The number of nitrogens with one attached hydrogen (secondary N) is 2. The van der Waals surface area contributed by atoms with Gasteiger partial charge in [0, 0.05) is 23.1 Å². The number of aromatic nitrogens is 3. The number of para-hydroxylation sites is 1. The van der Waals surface area contributed by atoms with Crippen LogP contribution in [0.15, 0.2) is 64.2 Å². The third-order valence-electron chi connectivity index (χ3n) is 6.20. The summed E-state index contributed by atoms with van der Waals surface area (Å²) in [4.78, 5) is 33.6. The number of aromatic amines is 2. The van der Waals surface area contributed by atoms with Gasteiger partial charge in [-0.2, -0.15) is 0 Å². The SMILES string of the molecule is CCN1CCc2c([nH]c3ccccc23)[C@H]1c1c(O)n(Cc2ccccc2)c(=O)[nH]c1=O. The highest BCUT2D eigenvalue weighted by Gasteiger charge is 2.35. The summed E-state index contributed by atoms with van der Waals surface area (Å²) < 4.78 is 1.23. The average molecular weight is 416 g/mol. The lowest BCUT2D eigenvalue weighted by Gasteiger charge is -2.35. The van der Waals surface area contributed by atoms with E-state index in [-0.39, 0.29) is 18.0 Å². The molecule has 0 spiro atoms. The molecule has 1 atom stereocenters. The van der Waals surface area contributed by atoms with Crippen LogP contribution >= 0.6 is 0 Å². The molecule has 158 valence electrons. The van der Waals surface area contributed by atoms with Gasteiger partial charge in [0.05, 0.1) is 12.6 Å². The van der Waals surface area contributed by atoms with Gasteiger partial charge in [-0.15, -0.1) is 0 Å². The van der Waals surface area contributed by atoms with Crippen LogP contribution in [-0.2, 0) is 13.0 Å². The molecule has 3 N–H and O–H groups in total. The summed E-state index contributed by atoms with van der Waals surface area (Å²) in [7, 11) is 0. The maximum Gasteiger partial charge on any atom is 0.331 e. The highest BCUT2D eigenvalue weighted by atomic mass is 16.3. The Morgan fingerprint density at radius 3 is 2.55 bits per heavy atom. The van der Waals surface area contributed by atoms with E-state index < -0.39 is 17.3 Å². The fourth-order valence-electron chi connectivity index (χ4n) is 4.69. The van der Waals surface area contributed by atoms with Crippen LogP contribution in [0.1, 0.15) is 35.3 Å². The number of likely N-dealkylation sites (N-methyl/N-ethyl adjacent to an activating group) is 1. The maximum absolute atomic E-state index is 13.0. The van der Waals surface area contributed by atoms with Gasteiger partial charge in [-0.05, 0) is 30.2 Å². The number of aromatic hydroxyl groups is 1. The summed E-state index contributed by atoms with van der Waals surface area (Å²) in [6.07, 6.45) is 0.853. The van der Waals surface area contributed by atoms with E-state index in [0.29, 0.717) is 6.54 Å². The number of hydrogen-bond acceptors (Lipinski definition) is 4. The zero-order chi connectivity index (χ0) is 21.5. The molecule has 0 amide bonds. The molecule has 3 heterocycles. The predicted molar refractivity (Wildman–Crippen MR) is 120 cm³/mol. The van der Waals surface area contributed by atoms with E-state index in [1.807, 2.05) is 55.5 Å². The molecule has 0 unspecified atom stereocenters. The second kappa shape index (κ2) is 7.59.